The van der Waals surface area contributed by atoms with E-state index in [2.05, 4.69) is 10.4 Å². The van der Waals surface area contributed by atoms with Crippen LogP contribution < -0.4 is 0 Å². The van der Waals surface area contributed by atoms with Gasteiger partial charge in [-0.25, -0.2) is 0 Å². The zero-order valence-corrected chi connectivity index (χ0v) is 7.58. The second-order valence-electron chi connectivity index (χ2n) is 2.52. The first kappa shape index (κ1) is 8.09. The van der Waals surface area contributed by atoms with Crippen molar-refractivity contribution in [1.82, 2.24) is 4.98 Å². The van der Waals surface area contributed by atoms with Crippen LogP contribution in [0.15, 0.2) is 41.4 Å². The van der Waals surface area contributed by atoms with Crippen LogP contribution in [-0.4, -0.2) is 4.98 Å². The quantitative estimate of drug-likeness (QED) is 0.507. The molecule has 2 aromatic rings. The molecule has 3 heteroatoms. The second kappa shape index (κ2) is 3.46. The molecular weight excluding hydrogens is 180 g/mol. The van der Waals surface area contributed by atoms with Gasteiger partial charge in [-0.3, -0.25) is 4.98 Å². The van der Waals surface area contributed by atoms with Crippen molar-refractivity contribution in [3.05, 3.63) is 36.5 Å². The lowest BCUT2D eigenvalue weighted by Gasteiger charge is -1.99. The number of nitrogens with zero attached hydrogens (tertiary/aromatic N) is 2. The molecule has 1 heterocycles. The van der Waals surface area contributed by atoms with Crippen molar-refractivity contribution in [3.63, 3.8) is 0 Å². The van der Waals surface area contributed by atoms with Crippen LogP contribution in [0.3, 0.4) is 0 Å². The van der Waals surface area contributed by atoms with E-state index in [9.17, 15) is 0 Å². The Morgan fingerprint density at radius 1 is 1.23 bits per heavy atom. The number of fused-ring (bicyclic) bond motifs is 1. The first-order valence-corrected chi connectivity index (χ1v) is 4.63. The molecule has 0 aliphatic carbocycles. The van der Waals surface area contributed by atoms with Crippen LogP contribution in [0, 0.1) is 10.7 Å². The summed E-state index contributed by atoms with van der Waals surface area (Å²) < 4.78 is 0. The van der Waals surface area contributed by atoms with Gasteiger partial charge in [0.15, 0.2) is 0 Å². The van der Waals surface area contributed by atoms with Crippen molar-refractivity contribution in [2.75, 3.05) is 0 Å². The Bertz CT molecular complexity index is 468. The lowest BCUT2D eigenvalue weighted by atomic mass is 10.2. The molecule has 62 valence electrons. The lowest BCUT2D eigenvalue weighted by molar-refractivity contribution is 1.36. The number of hydrogen-bond donors (Lipinski definition) is 0. The number of rotatable bonds is 1. The van der Waals surface area contributed by atoms with Gasteiger partial charge in [0.2, 0.25) is 0 Å². The van der Waals surface area contributed by atoms with Crippen molar-refractivity contribution < 1.29 is 0 Å². The SMILES string of the molecule is N#CSc1ccnc2ccccc12. The molecule has 0 fully saturated rings. The monoisotopic (exact) mass is 186 g/mol. The minimum atomic E-state index is 0.933. The van der Waals surface area contributed by atoms with Gasteiger partial charge in [0, 0.05) is 16.5 Å². The fourth-order valence-corrected chi connectivity index (χ4v) is 1.72. The summed E-state index contributed by atoms with van der Waals surface area (Å²) in [6.07, 6.45) is 1.72. The predicted octanol–water partition coefficient (Wildman–Crippen LogP) is 2.81. The molecule has 0 spiro atoms. The Morgan fingerprint density at radius 2 is 2.08 bits per heavy atom. The maximum absolute atomic E-state index is 8.57. The number of pyridine rings is 1. The van der Waals surface area contributed by atoms with Crippen LogP contribution in [0.1, 0.15) is 0 Å². The second-order valence-corrected chi connectivity index (χ2v) is 3.35. The van der Waals surface area contributed by atoms with Gasteiger partial charge in [0.05, 0.1) is 5.52 Å². The van der Waals surface area contributed by atoms with Crippen molar-refractivity contribution in [1.29, 1.82) is 5.26 Å². The highest BCUT2D eigenvalue weighted by Gasteiger charge is 1.99. The van der Waals surface area contributed by atoms with Crippen molar-refractivity contribution in [2.24, 2.45) is 0 Å². The van der Waals surface area contributed by atoms with E-state index in [4.69, 9.17) is 5.26 Å². The summed E-state index contributed by atoms with van der Waals surface area (Å²) in [5.74, 6) is 0. The van der Waals surface area contributed by atoms with Crippen molar-refractivity contribution in [3.8, 4) is 5.40 Å². The molecule has 0 saturated carbocycles. The number of thiocyanates is 1. The predicted molar refractivity (Wildman–Crippen MR) is 53.2 cm³/mol. The zero-order chi connectivity index (χ0) is 9.10. The Balaban J connectivity index is 2.70. The number of nitriles is 1. The van der Waals surface area contributed by atoms with Crippen LogP contribution in [0.2, 0.25) is 0 Å². The van der Waals surface area contributed by atoms with Gasteiger partial charge in [-0.1, -0.05) is 18.2 Å². The van der Waals surface area contributed by atoms with E-state index in [1.807, 2.05) is 30.3 Å². The van der Waals surface area contributed by atoms with E-state index >= 15 is 0 Å². The highest BCUT2D eigenvalue weighted by Crippen LogP contribution is 2.24. The molecule has 1 aromatic carbocycles. The molecule has 0 atom stereocenters. The molecule has 0 saturated heterocycles. The van der Waals surface area contributed by atoms with E-state index in [-0.39, 0.29) is 0 Å². The molecule has 0 amide bonds. The van der Waals surface area contributed by atoms with Gasteiger partial charge in [0.1, 0.15) is 5.40 Å². The van der Waals surface area contributed by atoms with Gasteiger partial charge in [-0.15, -0.1) is 0 Å². The number of benzene rings is 1. The third kappa shape index (κ3) is 1.49. The van der Waals surface area contributed by atoms with Gasteiger partial charge in [-0.2, -0.15) is 5.26 Å². The van der Waals surface area contributed by atoms with Crippen LogP contribution in [0.4, 0.5) is 0 Å². The third-order valence-corrected chi connectivity index (χ3v) is 2.43. The number of hydrogen-bond acceptors (Lipinski definition) is 3. The molecule has 0 radical (unpaired) electrons. The first-order chi connectivity index (χ1) is 6.42. The summed E-state index contributed by atoms with van der Waals surface area (Å²) in [4.78, 5) is 5.17. The lowest BCUT2D eigenvalue weighted by Crippen LogP contribution is -1.79. The standard InChI is InChI=1S/C10H6N2S/c11-7-13-10-5-6-12-9-4-2-1-3-8(9)10/h1-6H. The topological polar surface area (TPSA) is 36.7 Å². The molecule has 0 unspecified atom stereocenters. The normalized spacial score (nSPS) is 9.77. The summed E-state index contributed by atoms with van der Waals surface area (Å²) >= 11 is 1.17. The van der Waals surface area contributed by atoms with Gasteiger partial charge < -0.3 is 0 Å². The Labute approximate surface area is 80.2 Å². The molecular formula is C10H6N2S. The van der Waals surface area contributed by atoms with Crippen LogP contribution in [0.25, 0.3) is 10.9 Å². The van der Waals surface area contributed by atoms with Crippen LogP contribution in [-0.2, 0) is 0 Å². The average molecular weight is 186 g/mol. The summed E-state index contributed by atoms with van der Waals surface area (Å²) in [5, 5.41) is 11.7. The largest absolute Gasteiger partial charge is 0.256 e. The smallest absolute Gasteiger partial charge is 0.138 e. The molecule has 0 bridgehead atoms. The van der Waals surface area contributed by atoms with Gasteiger partial charge in [0.25, 0.3) is 0 Å². The maximum atomic E-state index is 8.57. The fourth-order valence-electron chi connectivity index (χ4n) is 1.21. The van der Waals surface area contributed by atoms with E-state index in [0.717, 1.165) is 15.8 Å². The van der Waals surface area contributed by atoms with E-state index in [1.54, 1.807) is 6.20 Å². The molecule has 13 heavy (non-hydrogen) atoms. The summed E-state index contributed by atoms with van der Waals surface area (Å²) in [6, 6.07) is 9.66. The minimum absolute atomic E-state index is 0.933. The summed E-state index contributed by atoms with van der Waals surface area (Å²) in [7, 11) is 0. The van der Waals surface area contributed by atoms with Crippen LogP contribution >= 0.6 is 11.8 Å². The average Bonchev–Trinajstić information content (AvgIpc) is 2.19. The zero-order valence-electron chi connectivity index (χ0n) is 6.77. The van der Waals surface area contributed by atoms with Gasteiger partial charge >= 0.3 is 0 Å². The first-order valence-electron chi connectivity index (χ1n) is 3.81. The Kier molecular flexibility index (Phi) is 2.15. The molecule has 0 aliphatic heterocycles. The number of thioether (sulfide) groups is 1. The summed E-state index contributed by atoms with van der Waals surface area (Å²) in [5.41, 5.74) is 0.933. The van der Waals surface area contributed by atoms with E-state index in [0.29, 0.717) is 0 Å². The Morgan fingerprint density at radius 3 is 2.92 bits per heavy atom. The molecule has 0 aliphatic rings. The summed E-state index contributed by atoms with van der Waals surface area (Å²) in [6.45, 7) is 0. The van der Waals surface area contributed by atoms with E-state index in [1.165, 1.54) is 11.8 Å². The van der Waals surface area contributed by atoms with Crippen molar-refractivity contribution >= 4 is 22.7 Å². The fraction of sp³-hybridized carbons (Fsp3) is 0. The molecule has 2 nitrogen and oxygen atoms in total. The molecule has 2 rings (SSSR count). The highest BCUT2D eigenvalue weighted by molar-refractivity contribution is 8.04. The van der Waals surface area contributed by atoms with Crippen LogP contribution in [0.5, 0.6) is 0 Å². The Hall–Kier alpha value is -1.53. The third-order valence-electron chi connectivity index (χ3n) is 1.76. The number of para-hydroxylation sites is 1. The van der Waals surface area contributed by atoms with Crippen molar-refractivity contribution in [2.45, 2.75) is 4.90 Å². The number of aromatic nitrogens is 1. The maximum Gasteiger partial charge on any atom is 0.138 e. The molecule has 0 N–H and O–H groups in total. The minimum Gasteiger partial charge on any atom is -0.256 e. The van der Waals surface area contributed by atoms with E-state index < -0.39 is 0 Å². The van der Waals surface area contributed by atoms with Gasteiger partial charge in [-0.05, 0) is 23.9 Å². The molecule has 1 aromatic heterocycles. The highest BCUT2D eigenvalue weighted by atomic mass is 32.2.